The summed E-state index contributed by atoms with van der Waals surface area (Å²) in [4.78, 5) is 43.8. The van der Waals surface area contributed by atoms with E-state index in [4.69, 9.17) is 4.42 Å². The Morgan fingerprint density at radius 2 is 1.84 bits per heavy atom. The number of thiophene rings is 1. The first-order chi connectivity index (χ1) is 15.0. The summed E-state index contributed by atoms with van der Waals surface area (Å²) < 4.78 is 7.41. The van der Waals surface area contributed by atoms with Crippen LogP contribution in [0, 0.1) is 6.92 Å². The Labute approximate surface area is 179 Å². The smallest absolute Gasteiger partial charge is 0.408 e. The van der Waals surface area contributed by atoms with Gasteiger partial charge in [-0.25, -0.2) is 14.5 Å². The molecule has 0 saturated carbocycles. The van der Waals surface area contributed by atoms with Crippen molar-refractivity contribution >= 4 is 38.6 Å². The van der Waals surface area contributed by atoms with Crippen LogP contribution in [0.4, 0.5) is 0 Å². The number of aryl methyl sites for hydroxylation is 1. The van der Waals surface area contributed by atoms with E-state index in [1.165, 1.54) is 22.2 Å². The van der Waals surface area contributed by atoms with Crippen LogP contribution in [0.3, 0.4) is 0 Å². The minimum Gasteiger partial charge on any atom is -0.408 e. The molecule has 0 aliphatic rings. The molecule has 0 spiro atoms. The van der Waals surface area contributed by atoms with E-state index in [-0.39, 0.29) is 12.1 Å². The number of aromatic nitrogens is 3. The van der Waals surface area contributed by atoms with Crippen molar-refractivity contribution in [3.63, 3.8) is 0 Å². The predicted molar refractivity (Wildman–Crippen MR) is 119 cm³/mol. The third-order valence-electron chi connectivity index (χ3n) is 4.97. The molecule has 0 unspecified atom stereocenters. The number of fused-ring (bicyclic) bond motifs is 2. The van der Waals surface area contributed by atoms with Crippen LogP contribution in [0.25, 0.3) is 32.4 Å². The van der Waals surface area contributed by atoms with E-state index < -0.39 is 11.7 Å². The molecule has 9 heteroatoms. The van der Waals surface area contributed by atoms with Crippen molar-refractivity contribution in [2.45, 2.75) is 13.5 Å². The Bertz CT molecular complexity index is 1560. The third-order valence-corrected chi connectivity index (χ3v) is 5.99. The Kier molecular flexibility index (Phi) is 4.52. The number of oxazole rings is 1. The van der Waals surface area contributed by atoms with Gasteiger partial charge in [-0.2, -0.15) is 0 Å². The highest BCUT2D eigenvalue weighted by molar-refractivity contribution is 7.19. The molecule has 5 rings (SSSR count). The van der Waals surface area contributed by atoms with Gasteiger partial charge in [0.1, 0.15) is 17.7 Å². The number of nitrogens with zero attached hydrogens (tertiary/aromatic N) is 3. The first-order valence-electron chi connectivity index (χ1n) is 9.47. The number of hydrogen-bond acceptors (Lipinski definition) is 6. The molecule has 1 amide bonds. The predicted octanol–water partition coefficient (Wildman–Crippen LogP) is 3.11. The molecule has 0 fully saturated rings. The van der Waals surface area contributed by atoms with Crippen molar-refractivity contribution < 1.29 is 9.21 Å². The summed E-state index contributed by atoms with van der Waals surface area (Å²) in [7, 11) is 0. The normalized spacial score (nSPS) is 11.3. The van der Waals surface area contributed by atoms with E-state index >= 15 is 0 Å². The van der Waals surface area contributed by atoms with Gasteiger partial charge in [0.05, 0.1) is 10.9 Å². The second-order valence-corrected chi connectivity index (χ2v) is 8.16. The number of rotatable bonds is 4. The summed E-state index contributed by atoms with van der Waals surface area (Å²) in [5, 5.41) is 0.447. The van der Waals surface area contributed by atoms with Crippen LogP contribution in [0.1, 0.15) is 4.88 Å². The summed E-state index contributed by atoms with van der Waals surface area (Å²) in [6.07, 6.45) is 1.28. The van der Waals surface area contributed by atoms with E-state index in [0.29, 0.717) is 21.3 Å². The van der Waals surface area contributed by atoms with Gasteiger partial charge in [-0.1, -0.05) is 42.5 Å². The standard InChI is InChI=1S/C22H16N4O4S/c1-13-18(14-7-3-2-4-8-14)19-20(31-13)23-12-26(21(19)28)24-17(27)11-25-15-9-5-6-10-16(15)30-22(25)29/h2-10,12H,11H2,1H3,(H,24,27). The molecule has 154 valence electrons. The summed E-state index contributed by atoms with van der Waals surface area (Å²) in [6, 6.07) is 16.4. The lowest BCUT2D eigenvalue weighted by Crippen LogP contribution is -2.36. The summed E-state index contributed by atoms with van der Waals surface area (Å²) in [5.41, 5.74) is 4.75. The summed E-state index contributed by atoms with van der Waals surface area (Å²) in [6.45, 7) is 1.64. The molecule has 3 aromatic heterocycles. The zero-order valence-electron chi connectivity index (χ0n) is 16.4. The maximum Gasteiger partial charge on any atom is 0.420 e. The highest BCUT2D eigenvalue weighted by atomic mass is 32.1. The number of nitrogens with one attached hydrogen (secondary N) is 1. The number of benzene rings is 2. The van der Waals surface area contributed by atoms with Gasteiger partial charge in [0, 0.05) is 10.4 Å². The fourth-order valence-electron chi connectivity index (χ4n) is 3.61. The van der Waals surface area contributed by atoms with Crippen LogP contribution in [0.2, 0.25) is 0 Å². The lowest BCUT2D eigenvalue weighted by atomic mass is 10.0. The molecule has 0 saturated heterocycles. The molecule has 3 heterocycles. The average molecular weight is 432 g/mol. The van der Waals surface area contributed by atoms with Crippen LogP contribution in [-0.4, -0.2) is 20.1 Å². The topological polar surface area (TPSA) is 99.1 Å². The van der Waals surface area contributed by atoms with E-state index in [0.717, 1.165) is 20.7 Å². The van der Waals surface area contributed by atoms with E-state index in [2.05, 4.69) is 10.4 Å². The van der Waals surface area contributed by atoms with Crippen LogP contribution in [-0.2, 0) is 11.3 Å². The first kappa shape index (κ1) is 19.0. The van der Waals surface area contributed by atoms with Crippen molar-refractivity contribution in [3.05, 3.63) is 86.7 Å². The number of carbonyl (C=O) groups excluding carboxylic acids is 1. The van der Waals surface area contributed by atoms with Crippen molar-refractivity contribution in [2.24, 2.45) is 0 Å². The van der Waals surface area contributed by atoms with Crippen molar-refractivity contribution in [2.75, 3.05) is 5.43 Å². The van der Waals surface area contributed by atoms with Gasteiger partial charge >= 0.3 is 5.76 Å². The molecule has 0 aliphatic carbocycles. The maximum absolute atomic E-state index is 13.2. The third kappa shape index (κ3) is 3.24. The van der Waals surface area contributed by atoms with Gasteiger partial charge in [-0.15, -0.1) is 11.3 Å². The van der Waals surface area contributed by atoms with Crippen LogP contribution < -0.4 is 16.7 Å². The van der Waals surface area contributed by atoms with E-state index in [1.807, 2.05) is 37.3 Å². The fourth-order valence-corrected chi connectivity index (χ4v) is 4.61. The van der Waals surface area contributed by atoms with Crippen LogP contribution in [0.5, 0.6) is 0 Å². The van der Waals surface area contributed by atoms with E-state index in [9.17, 15) is 14.4 Å². The molecule has 0 bridgehead atoms. The average Bonchev–Trinajstić information content (AvgIpc) is 3.27. The van der Waals surface area contributed by atoms with Crippen molar-refractivity contribution in [3.8, 4) is 11.1 Å². The molecule has 8 nitrogen and oxygen atoms in total. The molecular formula is C22H16N4O4S. The second-order valence-electron chi connectivity index (χ2n) is 6.96. The van der Waals surface area contributed by atoms with Gasteiger partial charge in [-0.3, -0.25) is 19.6 Å². The quantitative estimate of drug-likeness (QED) is 0.470. The van der Waals surface area contributed by atoms with Crippen LogP contribution >= 0.6 is 11.3 Å². The molecule has 5 aromatic rings. The molecule has 0 atom stereocenters. The SMILES string of the molecule is Cc1sc2ncn(NC(=O)Cn3c(=O)oc4ccccc43)c(=O)c2c1-c1ccccc1. The fraction of sp³-hybridized carbons (Fsp3) is 0.0909. The van der Waals surface area contributed by atoms with Gasteiger partial charge in [-0.05, 0) is 24.6 Å². The largest absolute Gasteiger partial charge is 0.420 e. The maximum atomic E-state index is 13.2. The van der Waals surface area contributed by atoms with Gasteiger partial charge in [0.25, 0.3) is 11.5 Å². The zero-order chi connectivity index (χ0) is 21.5. The first-order valence-corrected chi connectivity index (χ1v) is 10.3. The molecular weight excluding hydrogens is 416 g/mol. The zero-order valence-corrected chi connectivity index (χ0v) is 17.2. The lowest BCUT2D eigenvalue weighted by molar-refractivity contribution is -0.117. The van der Waals surface area contributed by atoms with Gasteiger partial charge < -0.3 is 4.42 Å². The molecule has 2 aromatic carbocycles. The number of carbonyl (C=O) groups is 1. The van der Waals surface area contributed by atoms with Crippen LogP contribution in [0.15, 0.2) is 74.9 Å². The lowest BCUT2D eigenvalue weighted by Gasteiger charge is -2.09. The highest BCUT2D eigenvalue weighted by Crippen LogP contribution is 2.35. The van der Waals surface area contributed by atoms with Gasteiger partial charge in [0.15, 0.2) is 5.58 Å². The summed E-state index contributed by atoms with van der Waals surface area (Å²) >= 11 is 1.43. The monoisotopic (exact) mass is 432 g/mol. The Morgan fingerprint density at radius 1 is 1.10 bits per heavy atom. The molecule has 0 radical (unpaired) electrons. The number of amides is 1. The minimum absolute atomic E-state index is 0.297. The molecule has 1 N–H and O–H groups in total. The molecule has 0 aliphatic heterocycles. The van der Waals surface area contributed by atoms with Crippen molar-refractivity contribution in [1.82, 2.24) is 14.2 Å². The van der Waals surface area contributed by atoms with E-state index in [1.54, 1.807) is 24.3 Å². The minimum atomic E-state index is -0.642. The van der Waals surface area contributed by atoms with Gasteiger partial charge in [0.2, 0.25) is 0 Å². The number of para-hydroxylation sites is 2. The summed E-state index contributed by atoms with van der Waals surface area (Å²) in [5.74, 6) is -1.19. The Morgan fingerprint density at radius 3 is 2.65 bits per heavy atom. The second kappa shape index (κ2) is 7.37. The Balaban J connectivity index is 1.52. The Hall–Kier alpha value is -3.98. The van der Waals surface area contributed by atoms with Crippen molar-refractivity contribution in [1.29, 1.82) is 0 Å². The number of hydrogen-bond donors (Lipinski definition) is 1. The molecule has 31 heavy (non-hydrogen) atoms. The highest BCUT2D eigenvalue weighted by Gasteiger charge is 2.18.